The molecule has 0 saturated carbocycles. The summed E-state index contributed by atoms with van der Waals surface area (Å²) in [4.78, 5) is 17.4. The highest BCUT2D eigenvalue weighted by molar-refractivity contribution is 6.30. The number of anilines is 1. The van der Waals surface area contributed by atoms with Gasteiger partial charge >= 0.3 is 0 Å². The molecule has 0 spiro atoms. The summed E-state index contributed by atoms with van der Waals surface area (Å²) in [6.45, 7) is 0. The third-order valence-electron chi connectivity index (χ3n) is 4.99. The number of Topliss-reactive ketones (excluding diaryl/α,β-unsaturated/α-hetero) is 1. The Morgan fingerprint density at radius 2 is 2.15 bits per heavy atom. The molecule has 1 aliphatic heterocycles. The minimum absolute atomic E-state index is 0.0826. The second-order valence-electron chi connectivity index (χ2n) is 6.55. The maximum absolute atomic E-state index is 13.1. The molecule has 26 heavy (non-hydrogen) atoms. The minimum Gasteiger partial charge on any atom is -0.467 e. The van der Waals surface area contributed by atoms with Gasteiger partial charge in [0.2, 0.25) is 5.95 Å². The molecule has 7 heteroatoms. The van der Waals surface area contributed by atoms with Gasteiger partial charge in [-0.15, -0.1) is 0 Å². The Morgan fingerprint density at radius 1 is 1.23 bits per heavy atom. The minimum atomic E-state index is -0.383. The maximum Gasteiger partial charge on any atom is 0.226 e. The number of nitrogens with zero attached hydrogens (tertiary/aromatic N) is 3. The van der Waals surface area contributed by atoms with Gasteiger partial charge in [0.25, 0.3) is 0 Å². The molecule has 2 aromatic heterocycles. The van der Waals surface area contributed by atoms with Crippen molar-refractivity contribution in [3.05, 3.63) is 76.6 Å². The summed E-state index contributed by atoms with van der Waals surface area (Å²) in [6, 6.07) is 11.0. The summed E-state index contributed by atoms with van der Waals surface area (Å²) >= 11 is 6.13. The summed E-state index contributed by atoms with van der Waals surface area (Å²) in [7, 11) is 0. The fraction of sp³-hybridized carbons (Fsp3) is 0.211. The summed E-state index contributed by atoms with van der Waals surface area (Å²) in [5.74, 6) is 1.47. The van der Waals surface area contributed by atoms with Crippen molar-refractivity contribution in [2.24, 2.45) is 0 Å². The molecule has 2 atom stereocenters. The molecular formula is C19H15ClN4O2. The molecule has 1 aromatic carbocycles. The van der Waals surface area contributed by atoms with Crippen molar-refractivity contribution in [2.45, 2.75) is 24.8 Å². The van der Waals surface area contributed by atoms with E-state index in [0.717, 1.165) is 11.3 Å². The Labute approximate surface area is 154 Å². The molecule has 0 amide bonds. The van der Waals surface area contributed by atoms with E-state index in [0.29, 0.717) is 35.1 Å². The SMILES string of the molecule is O=C1C[C@H](c2cccc(Cl)c2)CC2=C1[C@H](c1ccco1)n1ncnc1N2. The van der Waals surface area contributed by atoms with Crippen LogP contribution in [0.3, 0.4) is 0 Å². The monoisotopic (exact) mass is 366 g/mol. The number of rotatable bonds is 2. The van der Waals surface area contributed by atoms with Gasteiger partial charge in [-0.2, -0.15) is 10.1 Å². The van der Waals surface area contributed by atoms with Gasteiger partial charge in [0.1, 0.15) is 18.1 Å². The number of hydrogen-bond acceptors (Lipinski definition) is 5. The van der Waals surface area contributed by atoms with Crippen LogP contribution < -0.4 is 5.32 Å². The van der Waals surface area contributed by atoms with Crippen LogP contribution >= 0.6 is 11.6 Å². The number of aromatic nitrogens is 3. The normalized spacial score (nSPS) is 22.0. The second-order valence-corrected chi connectivity index (χ2v) is 6.98. The standard InChI is InChI=1S/C19H15ClN4O2/c20-13-4-1-3-11(7-13)12-8-14-17(15(25)9-12)18(16-5-2-6-26-16)24-19(23-14)21-10-22-24/h1-7,10,12,18H,8-9H2,(H,21,22,23)/t12-,18+/m1/s1. The predicted octanol–water partition coefficient (Wildman–Crippen LogP) is 3.94. The summed E-state index contributed by atoms with van der Waals surface area (Å²) < 4.78 is 7.31. The number of ketones is 1. The van der Waals surface area contributed by atoms with Gasteiger partial charge < -0.3 is 9.73 Å². The van der Waals surface area contributed by atoms with Crippen molar-refractivity contribution in [1.82, 2.24) is 14.8 Å². The third-order valence-corrected chi connectivity index (χ3v) is 5.23. The zero-order valence-electron chi connectivity index (χ0n) is 13.7. The first-order valence-electron chi connectivity index (χ1n) is 8.42. The molecule has 0 radical (unpaired) electrons. The predicted molar refractivity (Wildman–Crippen MR) is 96.0 cm³/mol. The molecule has 0 saturated heterocycles. The Bertz CT molecular complexity index is 1020. The van der Waals surface area contributed by atoms with E-state index >= 15 is 0 Å². The number of halogens is 1. The number of carbonyl (C=O) groups is 1. The first-order valence-corrected chi connectivity index (χ1v) is 8.80. The molecule has 0 fully saturated rings. The molecule has 2 aliphatic rings. The number of nitrogens with one attached hydrogen (secondary N) is 1. The molecular weight excluding hydrogens is 352 g/mol. The van der Waals surface area contributed by atoms with Crippen LogP contribution in [0.25, 0.3) is 0 Å². The molecule has 6 nitrogen and oxygen atoms in total. The van der Waals surface area contributed by atoms with Crippen molar-refractivity contribution >= 4 is 23.3 Å². The van der Waals surface area contributed by atoms with Gasteiger partial charge in [0.05, 0.1) is 6.26 Å². The summed E-state index contributed by atoms with van der Waals surface area (Å²) in [5, 5.41) is 8.26. The maximum atomic E-state index is 13.1. The largest absolute Gasteiger partial charge is 0.467 e. The molecule has 3 aromatic rings. The lowest BCUT2D eigenvalue weighted by Crippen LogP contribution is -2.33. The van der Waals surface area contributed by atoms with E-state index in [4.69, 9.17) is 16.0 Å². The Hall–Kier alpha value is -2.86. The van der Waals surface area contributed by atoms with E-state index in [2.05, 4.69) is 15.4 Å². The molecule has 1 aliphatic carbocycles. The van der Waals surface area contributed by atoms with Crippen molar-refractivity contribution in [3.8, 4) is 0 Å². The number of benzene rings is 1. The Morgan fingerprint density at radius 3 is 2.96 bits per heavy atom. The van der Waals surface area contributed by atoms with Crippen molar-refractivity contribution in [3.63, 3.8) is 0 Å². The highest BCUT2D eigenvalue weighted by Crippen LogP contribution is 2.44. The molecule has 1 N–H and O–H groups in total. The van der Waals surface area contributed by atoms with Gasteiger partial charge in [-0.3, -0.25) is 4.79 Å². The number of furan rings is 1. The van der Waals surface area contributed by atoms with Crippen LogP contribution in [0, 0.1) is 0 Å². The zero-order chi connectivity index (χ0) is 17.7. The first kappa shape index (κ1) is 15.4. The van der Waals surface area contributed by atoms with Crippen LogP contribution in [0.2, 0.25) is 5.02 Å². The van der Waals surface area contributed by atoms with Crippen LogP contribution in [-0.4, -0.2) is 20.5 Å². The molecule has 0 bridgehead atoms. The van der Waals surface area contributed by atoms with Gasteiger partial charge in [0.15, 0.2) is 5.78 Å². The average molecular weight is 367 g/mol. The lowest BCUT2D eigenvalue weighted by atomic mass is 9.79. The van der Waals surface area contributed by atoms with E-state index in [1.165, 1.54) is 6.33 Å². The van der Waals surface area contributed by atoms with Crippen LogP contribution in [-0.2, 0) is 4.79 Å². The fourth-order valence-electron chi connectivity index (χ4n) is 3.86. The average Bonchev–Trinajstić information content (AvgIpc) is 3.31. The highest BCUT2D eigenvalue weighted by atomic mass is 35.5. The van der Waals surface area contributed by atoms with Gasteiger partial charge in [0, 0.05) is 22.7 Å². The van der Waals surface area contributed by atoms with Gasteiger partial charge in [-0.05, 0) is 42.2 Å². The van der Waals surface area contributed by atoms with Crippen LogP contribution in [0.4, 0.5) is 5.95 Å². The van der Waals surface area contributed by atoms with Crippen molar-refractivity contribution < 1.29 is 9.21 Å². The third kappa shape index (κ3) is 2.37. The zero-order valence-corrected chi connectivity index (χ0v) is 14.5. The summed E-state index contributed by atoms with van der Waals surface area (Å²) in [6.07, 6.45) is 4.24. The van der Waals surface area contributed by atoms with Gasteiger partial charge in [-0.25, -0.2) is 4.68 Å². The lowest BCUT2D eigenvalue weighted by Gasteiger charge is -2.34. The quantitative estimate of drug-likeness (QED) is 0.743. The van der Waals surface area contributed by atoms with Crippen LogP contribution in [0.5, 0.6) is 0 Å². The topological polar surface area (TPSA) is 73.0 Å². The van der Waals surface area contributed by atoms with Crippen molar-refractivity contribution in [1.29, 1.82) is 0 Å². The Kier molecular flexibility index (Phi) is 3.46. The van der Waals surface area contributed by atoms with E-state index < -0.39 is 0 Å². The smallest absolute Gasteiger partial charge is 0.226 e. The van der Waals surface area contributed by atoms with Crippen LogP contribution in [0.15, 0.2) is 64.7 Å². The highest BCUT2D eigenvalue weighted by Gasteiger charge is 2.40. The molecule has 130 valence electrons. The molecule has 3 heterocycles. The number of allylic oxidation sites excluding steroid dienone is 2. The van der Waals surface area contributed by atoms with E-state index in [9.17, 15) is 4.79 Å². The summed E-state index contributed by atoms with van der Waals surface area (Å²) in [5.41, 5.74) is 2.66. The number of fused-ring (bicyclic) bond motifs is 1. The molecule has 5 rings (SSSR count). The number of carbonyl (C=O) groups excluding carboxylic acids is 1. The molecule has 0 unspecified atom stereocenters. The van der Waals surface area contributed by atoms with Crippen molar-refractivity contribution in [2.75, 3.05) is 5.32 Å². The van der Waals surface area contributed by atoms with E-state index in [-0.39, 0.29) is 17.7 Å². The fourth-order valence-corrected chi connectivity index (χ4v) is 4.06. The van der Waals surface area contributed by atoms with Gasteiger partial charge in [-0.1, -0.05) is 23.7 Å². The Balaban J connectivity index is 1.59. The van der Waals surface area contributed by atoms with E-state index in [1.54, 1.807) is 10.9 Å². The van der Waals surface area contributed by atoms with E-state index in [1.807, 2.05) is 36.4 Å². The lowest BCUT2D eigenvalue weighted by molar-refractivity contribution is -0.116. The van der Waals surface area contributed by atoms with Crippen LogP contribution in [0.1, 0.15) is 36.1 Å². The number of hydrogen-bond donors (Lipinski definition) is 1. The first-order chi connectivity index (χ1) is 12.7. The second kappa shape index (κ2) is 5.85.